The number of carbonyl (C=O) groups excluding carboxylic acids is 3. The summed E-state index contributed by atoms with van der Waals surface area (Å²) in [5, 5.41) is 5.59. The summed E-state index contributed by atoms with van der Waals surface area (Å²) in [5.41, 5.74) is 2.93. The second-order valence-electron chi connectivity index (χ2n) is 7.68. The van der Waals surface area contributed by atoms with Gasteiger partial charge in [-0.2, -0.15) is 0 Å². The van der Waals surface area contributed by atoms with Gasteiger partial charge in [0.2, 0.25) is 0 Å². The number of aryl methyl sites for hydroxylation is 1. The number of amides is 3. The molecule has 0 bridgehead atoms. The number of benzene rings is 3. The van der Waals surface area contributed by atoms with E-state index in [-0.39, 0.29) is 23.2 Å². The molecule has 3 aromatic carbocycles. The monoisotopic (exact) mass is 475 g/mol. The number of nitrogens with one attached hydrogen (secondary N) is 2. The first-order valence-electron chi connectivity index (χ1n) is 10.5. The largest absolute Gasteiger partial charge is 0.495 e. The van der Waals surface area contributed by atoms with Crippen LogP contribution in [0.5, 0.6) is 5.75 Å². The summed E-state index contributed by atoms with van der Waals surface area (Å²) in [6.45, 7) is 1.93. The van der Waals surface area contributed by atoms with E-state index in [9.17, 15) is 14.4 Å². The molecule has 8 heteroatoms. The van der Waals surface area contributed by atoms with Crippen molar-refractivity contribution in [1.29, 1.82) is 0 Å². The zero-order valence-corrected chi connectivity index (χ0v) is 19.3. The van der Waals surface area contributed by atoms with Gasteiger partial charge in [-0.1, -0.05) is 60.1 Å². The maximum absolute atomic E-state index is 13.0. The molecule has 1 aliphatic heterocycles. The van der Waals surface area contributed by atoms with Crippen LogP contribution in [0.25, 0.3) is 0 Å². The van der Waals surface area contributed by atoms with E-state index >= 15 is 0 Å². The van der Waals surface area contributed by atoms with E-state index in [2.05, 4.69) is 10.6 Å². The fraction of sp³-hybridized carbons (Fsp3) is 0.115. The number of hydrogen-bond acceptors (Lipinski definition) is 5. The Morgan fingerprint density at radius 2 is 1.65 bits per heavy atom. The van der Waals surface area contributed by atoms with E-state index < -0.39 is 11.8 Å². The van der Waals surface area contributed by atoms with Gasteiger partial charge in [-0.05, 0) is 42.3 Å². The molecule has 0 saturated heterocycles. The lowest BCUT2D eigenvalue weighted by Gasteiger charge is -2.16. The third kappa shape index (κ3) is 4.65. The van der Waals surface area contributed by atoms with Crippen molar-refractivity contribution >= 4 is 40.7 Å². The Balaban J connectivity index is 1.54. The number of ether oxygens (including phenoxy) is 1. The summed E-state index contributed by atoms with van der Waals surface area (Å²) in [4.78, 5) is 39.6. The molecule has 0 spiro atoms. The van der Waals surface area contributed by atoms with E-state index in [4.69, 9.17) is 16.3 Å². The molecule has 34 heavy (non-hydrogen) atoms. The SMILES string of the molecule is COc1ccccc1NC(=O)c1ccc(C)c(NC2=C(Cl)C(=O)N(Cc3ccccc3)C2=O)c1. The Kier molecular flexibility index (Phi) is 6.65. The van der Waals surface area contributed by atoms with Crippen LogP contribution in [0.2, 0.25) is 0 Å². The Hall–Kier alpha value is -4.10. The third-order valence-corrected chi connectivity index (χ3v) is 5.76. The van der Waals surface area contributed by atoms with Gasteiger partial charge in [-0.3, -0.25) is 19.3 Å². The van der Waals surface area contributed by atoms with Crippen molar-refractivity contribution in [1.82, 2.24) is 4.90 Å². The molecule has 0 atom stereocenters. The Bertz CT molecular complexity index is 1300. The topological polar surface area (TPSA) is 87.7 Å². The van der Waals surface area contributed by atoms with Crippen molar-refractivity contribution in [2.24, 2.45) is 0 Å². The minimum atomic E-state index is -0.569. The number of hydrogen-bond donors (Lipinski definition) is 2. The molecule has 0 fully saturated rings. The number of anilines is 2. The fourth-order valence-corrected chi connectivity index (χ4v) is 3.77. The molecule has 3 amide bonds. The van der Waals surface area contributed by atoms with E-state index in [1.807, 2.05) is 37.3 Å². The molecular formula is C26H22ClN3O4. The van der Waals surface area contributed by atoms with Crippen LogP contribution in [0, 0.1) is 6.92 Å². The third-order valence-electron chi connectivity index (χ3n) is 5.41. The zero-order valence-electron chi connectivity index (χ0n) is 18.6. The van der Waals surface area contributed by atoms with E-state index in [0.717, 1.165) is 16.0 Å². The van der Waals surface area contributed by atoms with Gasteiger partial charge >= 0.3 is 0 Å². The van der Waals surface area contributed by atoms with Crippen molar-refractivity contribution in [3.8, 4) is 5.75 Å². The first kappa shape index (κ1) is 23.1. The average Bonchev–Trinajstić information content (AvgIpc) is 3.04. The molecule has 3 aromatic rings. The van der Waals surface area contributed by atoms with Gasteiger partial charge in [-0.25, -0.2) is 0 Å². The van der Waals surface area contributed by atoms with E-state index in [0.29, 0.717) is 22.7 Å². The van der Waals surface area contributed by atoms with Crippen LogP contribution < -0.4 is 15.4 Å². The molecular weight excluding hydrogens is 454 g/mol. The summed E-state index contributed by atoms with van der Waals surface area (Å²) < 4.78 is 5.28. The van der Waals surface area contributed by atoms with Crippen LogP contribution >= 0.6 is 11.6 Å². The molecule has 0 saturated carbocycles. The molecule has 0 radical (unpaired) electrons. The number of para-hydroxylation sites is 2. The van der Waals surface area contributed by atoms with Crippen LogP contribution in [-0.4, -0.2) is 29.7 Å². The summed E-state index contributed by atoms with van der Waals surface area (Å²) in [7, 11) is 1.53. The smallest absolute Gasteiger partial charge is 0.279 e. The van der Waals surface area contributed by atoms with Crippen LogP contribution in [0.15, 0.2) is 83.5 Å². The highest BCUT2D eigenvalue weighted by atomic mass is 35.5. The fourth-order valence-electron chi connectivity index (χ4n) is 3.54. The summed E-state index contributed by atoms with van der Waals surface area (Å²) in [6.07, 6.45) is 0. The molecule has 1 aliphatic rings. The minimum Gasteiger partial charge on any atom is -0.495 e. The first-order valence-corrected chi connectivity index (χ1v) is 10.9. The Labute approximate surface area is 202 Å². The molecule has 7 nitrogen and oxygen atoms in total. The van der Waals surface area contributed by atoms with Gasteiger partial charge in [-0.15, -0.1) is 0 Å². The Morgan fingerprint density at radius 1 is 0.941 bits per heavy atom. The molecule has 2 N–H and O–H groups in total. The van der Waals surface area contributed by atoms with Crippen LogP contribution in [0.4, 0.5) is 11.4 Å². The summed E-state index contributed by atoms with van der Waals surface area (Å²) in [5.74, 6) is -0.915. The normalized spacial score (nSPS) is 13.3. The quantitative estimate of drug-likeness (QED) is 0.484. The highest BCUT2D eigenvalue weighted by Gasteiger charge is 2.38. The summed E-state index contributed by atoms with van der Waals surface area (Å²) >= 11 is 6.24. The standard InChI is InChI=1S/C26H22ClN3O4/c1-16-12-13-18(24(31)29-19-10-6-7-11-21(19)34-2)14-20(16)28-23-22(27)25(32)30(26(23)33)15-17-8-4-3-5-9-17/h3-14,28H,15H2,1-2H3,(H,29,31). The number of imide groups is 1. The van der Waals surface area contributed by atoms with Crippen molar-refractivity contribution < 1.29 is 19.1 Å². The Morgan fingerprint density at radius 3 is 2.38 bits per heavy atom. The number of methoxy groups -OCH3 is 1. The predicted octanol–water partition coefficient (Wildman–Crippen LogP) is 4.69. The predicted molar refractivity (Wildman–Crippen MR) is 131 cm³/mol. The van der Waals surface area contributed by atoms with E-state index in [1.54, 1.807) is 42.5 Å². The number of carbonyl (C=O) groups is 3. The molecule has 0 aliphatic carbocycles. The minimum absolute atomic E-state index is 0.0204. The highest BCUT2D eigenvalue weighted by molar-refractivity contribution is 6.48. The lowest BCUT2D eigenvalue weighted by molar-refractivity contribution is -0.138. The number of nitrogens with zero attached hydrogens (tertiary/aromatic N) is 1. The van der Waals surface area contributed by atoms with Crippen LogP contribution in [0.3, 0.4) is 0 Å². The average molecular weight is 476 g/mol. The highest BCUT2D eigenvalue weighted by Crippen LogP contribution is 2.29. The molecule has 0 unspecified atom stereocenters. The maximum atomic E-state index is 13.0. The lowest BCUT2D eigenvalue weighted by Crippen LogP contribution is -2.31. The molecule has 172 valence electrons. The van der Waals surface area contributed by atoms with Crippen molar-refractivity contribution in [3.63, 3.8) is 0 Å². The second kappa shape index (κ2) is 9.80. The van der Waals surface area contributed by atoms with Gasteiger partial charge in [0, 0.05) is 11.3 Å². The molecule has 4 rings (SSSR count). The summed E-state index contributed by atoms with van der Waals surface area (Å²) in [6, 6.07) is 21.3. The maximum Gasteiger partial charge on any atom is 0.279 e. The van der Waals surface area contributed by atoms with Gasteiger partial charge in [0.25, 0.3) is 17.7 Å². The number of halogens is 1. The van der Waals surface area contributed by atoms with Gasteiger partial charge in [0.15, 0.2) is 0 Å². The molecule has 1 heterocycles. The zero-order chi connectivity index (χ0) is 24.2. The van der Waals surface area contributed by atoms with Gasteiger partial charge in [0.05, 0.1) is 19.3 Å². The van der Waals surface area contributed by atoms with Crippen molar-refractivity contribution in [2.45, 2.75) is 13.5 Å². The number of rotatable bonds is 7. The first-order chi connectivity index (χ1) is 16.4. The second-order valence-corrected chi connectivity index (χ2v) is 8.06. The van der Waals surface area contributed by atoms with Crippen molar-refractivity contribution in [3.05, 3.63) is 100 Å². The van der Waals surface area contributed by atoms with Gasteiger partial charge in [0.1, 0.15) is 16.5 Å². The van der Waals surface area contributed by atoms with Crippen LogP contribution in [0.1, 0.15) is 21.5 Å². The van der Waals surface area contributed by atoms with E-state index in [1.165, 1.54) is 7.11 Å². The van der Waals surface area contributed by atoms with Crippen molar-refractivity contribution in [2.75, 3.05) is 17.7 Å². The van der Waals surface area contributed by atoms with Crippen LogP contribution in [-0.2, 0) is 16.1 Å². The lowest BCUT2D eigenvalue weighted by atomic mass is 10.1. The van der Waals surface area contributed by atoms with Gasteiger partial charge < -0.3 is 15.4 Å². The molecule has 0 aromatic heterocycles.